The maximum absolute atomic E-state index is 5.15. The lowest BCUT2D eigenvalue weighted by Crippen LogP contribution is -2.46. The molecule has 0 aliphatic carbocycles. The molecule has 0 radical (unpaired) electrons. The first kappa shape index (κ1) is 16.3. The van der Waals surface area contributed by atoms with Gasteiger partial charge in [-0.15, -0.1) is 10.2 Å². The molecule has 0 unspecified atom stereocenters. The first-order chi connectivity index (χ1) is 12.3. The largest absolute Gasteiger partial charge is 0.361 e. The predicted molar refractivity (Wildman–Crippen MR) is 96.8 cm³/mol. The molecular weight excluding hydrogens is 316 g/mol. The quantitative estimate of drug-likeness (QED) is 0.843. The monoisotopic (exact) mass is 342 g/mol. The number of nitrogens with zero attached hydrogens (tertiary/aromatic N) is 6. The second kappa shape index (κ2) is 7.39. The molecule has 2 aliphatic heterocycles. The maximum atomic E-state index is 5.15. The fourth-order valence-corrected chi connectivity index (χ4v) is 3.64. The molecule has 2 fully saturated rings. The lowest BCUT2D eigenvalue weighted by Gasteiger charge is -2.35. The molecule has 25 heavy (non-hydrogen) atoms. The van der Waals surface area contributed by atoms with Gasteiger partial charge in [-0.1, -0.05) is 5.16 Å². The van der Waals surface area contributed by atoms with Crippen molar-refractivity contribution in [2.75, 3.05) is 49.1 Å². The van der Waals surface area contributed by atoms with E-state index in [-0.39, 0.29) is 0 Å². The van der Waals surface area contributed by atoms with Crippen molar-refractivity contribution in [3.05, 3.63) is 29.7 Å². The van der Waals surface area contributed by atoms with Crippen molar-refractivity contribution < 1.29 is 4.52 Å². The average Bonchev–Trinajstić information content (AvgIpc) is 3.08. The SMILES string of the molecule is Cc1cc(CN2CCN(c3ccc(N4CCCCC4)nn3)CC2)no1. The van der Waals surface area contributed by atoms with Crippen LogP contribution in [0, 0.1) is 6.92 Å². The van der Waals surface area contributed by atoms with Gasteiger partial charge in [-0.2, -0.15) is 0 Å². The second-order valence-electron chi connectivity index (χ2n) is 6.99. The van der Waals surface area contributed by atoms with Crippen LogP contribution in [0.4, 0.5) is 11.6 Å². The molecule has 2 saturated heterocycles. The van der Waals surface area contributed by atoms with E-state index in [9.17, 15) is 0 Å². The summed E-state index contributed by atoms with van der Waals surface area (Å²) in [6.07, 6.45) is 3.85. The van der Waals surface area contributed by atoms with E-state index in [0.29, 0.717) is 0 Å². The van der Waals surface area contributed by atoms with Gasteiger partial charge < -0.3 is 14.3 Å². The van der Waals surface area contributed by atoms with Crippen molar-refractivity contribution in [3.63, 3.8) is 0 Å². The Hall–Kier alpha value is -2.15. The van der Waals surface area contributed by atoms with Crippen LogP contribution in [0.2, 0.25) is 0 Å². The lowest BCUT2D eigenvalue weighted by molar-refractivity contribution is 0.241. The van der Waals surface area contributed by atoms with Crippen LogP contribution in [0.15, 0.2) is 22.7 Å². The van der Waals surface area contributed by atoms with Crippen molar-refractivity contribution in [2.45, 2.75) is 32.7 Å². The summed E-state index contributed by atoms with van der Waals surface area (Å²) in [7, 11) is 0. The Morgan fingerprint density at radius 3 is 2.08 bits per heavy atom. The standard InChI is InChI=1S/C18H26N6O/c1-15-13-16(21-25-15)14-22-9-11-24(12-10-22)18-6-5-17(19-20-18)23-7-3-2-4-8-23/h5-6,13H,2-4,7-12,14H2,1H3. The van der Waals surface area contributed by atoms with Crippen molar-refractivity contribution in [3.8, 4) is 0 Å². The first-order valence-corrected chi connectivity index (χ1v) is 9.26. The molecule has 0 spiro atoms. The number of aromatic nitrogens is 3. The number of rotatable bonds is 4. The van der Waals surface area contributed by atoms with E-state index >= 15 is 0 Å². The Balaban J connectivity index is 1.31. The van der Waals surface area contributed by atoms with Crippen LogP contribution in [-0.4, -0.2) is 59.5 Å². The number of hydrogen-bond donors (Lipinski definition) is 0. The van der Waals surface area contributed by atoms with Crippen molar-refractivity contribution in [1.82, 2.24) is 20.3 Å². The molecule has 0 bridgehead atoms. The number of piperidine rings is 1. The van der Waals surface area contributed by atoms with E-state index in [1.165, 1.54) is 19.3 Å². The molecule has 7 heteroatoms. The zero-order valence-electron chi connectivity index (χ0n) is 14.9. The molecule has 7 nitrogen and oxygen atoms in total. The molecule has 134 valence electrons. The lowest BCUT2D eigenvalue weighted by atomic mass is 10.1. The Labute approximate surface area is 148 Å². The van der Waals surface area contributed by atoms with Crippen molar-refractivity contribution >= 4 is 11.6 Å². The number of piperazine rings is 1. The van der Waals surface area contributed by atoms with E-state index in [2.05, 4.69) is 42.2 Å². The van der Waals surface area contributed by atoms with Gasteiger partial charge in [0.15, 0.2) is 11.6 Å². The minimum atomic E-state index is 0.852. The van der Waals surface area contributed by atoms with Gasteiger partial charge in [0, 0.05) is 51.9 Å². The van der Waals surface area contributed by atoms with Gasteiger partial charge in [0.05, 0.1) is 5.69 Å². The summed E-state index contributed by atoms with van der Waals surface area (Å²) in [5, 5.41) is 13.0. The highest BCUT2D eigenvalue weighted by atomic mass is 16.5. The van der Waals surface area contributed by atoms with E-state index in [4.69, 9.17) is 4.52 Å². The third kappa shape index (κ3) is 3.92. The predicted octanol–water partition coefficient (Wildman–Crippen LogP) is 2.09. The van der Waals surface area contributed by atoms with Gasteiger partial charge in [-0.3, -0.25) is 4.90 Å². The summed E-state index contributed by atoms with van der Waals surface area (Å²) in [6.45, 7) is 8.93. The smallest absolute Gasteiger partial charge is 0.151 e. The summed E-state index contributed by atoms with van der Waals surface area (Å²) >= 11 is 0. The third-order valence-corrected chi connectivity index (χ3v) is 5.08. The fraction of sp³-hybridized carbons (Fsp3) is 0.611. The zero-order chi connectivity index (χ0) is 17.1. The van der Waals surface area contributed by atoms with Gasteiger partial charge >= 0.3 is 0 Å². The number of hydrogen-bond acceptors (Lipinski definition) is 7. The van der Waals surface area contributed by atoms with Crippen LogP contribution in [0.5, 0.6) is 0 Å². The Bertz CT molecular complexity index is 671. The van der Waals surface area contributed by atoms with Gasteiger partial charge in [0.1, 0.15) is 5.76 Å². The minimum absolute atomic E-state index is 0.852. The summed E-state index contributed by atoms with van der Waals surface area (Å²) < 4.78 is 5.15. The molecule has 2 aliphatic rings. The molecule has 0 aromatic carbocycles. The molecule has 2 aromatic heterocycles. The van der Waals surface area contributed by atoms with Gasteiger partial charge in [0.2, 0.25) is 0 Å². The molecule has 0 saturated carbocycles. The highest BCUT2D eigenvalue weighted by Gasteiger charge is 2.20. The maximum Gasteiger partial charge on any atom is 0.151 e. The van der Waals surface area contributed by atoms with Gasteiger partial charge in [-0.05, 0) is 38.3 Å². The first-order valence-electron chi connectivity index (χ1n) is 9.26. The normalized spacial score (nSPS) is 19.4. The molecular formula is C18H26N6O. The zero-order valence-corrected chi connectivity index (χ0v) is 14.9. The van der Waals surface area contributed by atoms with Gasteiger partial charge in [-0.25, -0.2) is 0 Å². The Morgan fingerprint density at radius 1 is 0.880 bits per heavy atom. The molecule has 0 N–H and O–H groups in total. The van der Waals surface area contributed by atoms with E-state index in [1.54, 1.807) is 0 Å². The van der Waals surface area contributed by atoms with Crippen molar-refractivity contribution in [1.29, 1.82) is 0 Å². The summed E-state index contributed by atoms with van der Waals surface area (Å²) in [6, 6.07) is 6.25. The molecule has 0 atom stereocenters. The van der Waals surface area contributed by atoms with Crippen LogP contribution in [0.3, 0.4) is 0 Å². The second-order valence-corrected chi connectivity index (χ2v) is 6.99. The Morgan fingerprint density at radius 2 is 1.52 bits per heavy atom. The Kier molecular flexibility index (Phi) is 4.83. The summed E-state index contributed by atoms with van der Waals surface area (Å²) in [5.74, 6) is 2.87. The molecule has 4 rings (SSSR count). The molecule has 4 heterocycles. The number of aryl methyl sites for hydroxylation is 1. The van der Waals surface area contributed by atoms with E-state index in [0.717, 1.165) is 68.9 Å². The van der Waals surface area contributed by atoms with Crippen LogP contribution < -0.4 is 9.80 Å². The van der Waals surface area contributed by atoms with Crippen LogP contribution in [-0.2, 0) is 6.54 Å². The van der Waals surface area contributed by atoms with E-state index < -0.39 is 0 Å². The molecule has 0 amide bonds. The number of anilines is 2. The third-order valence-electron chi connectivity index (χ3n) is 5.08. The van der Waals surface area contributed by atoms with Crippen LogP contribution in [0.25, 0.3) is 0 Å². The molecule has 2 aromatic rings. The summed E-state index contributed by atoms with van der Waals surface area (Å²) in [5.41, 5.74) is 1.01. The van der Waals surface area contributed by atoms with Crippen molar-refractivity contribution in [2.24, 2.45) is 0 Å². The van der Waals surface area contributed by atoms with Crippen LogP contribution >= 0.6 is 0 Å². The highest BCUT2D eigenvalue weighted by molar-refractivity contribution is 5.45. The highest BCUT2D eigenvalue weighted by Crippen LogP contribution is 2.20. The van der Waals surface area contributed by atoms with Gasteiger partial charge in [0.25, 0.3) is 0 Å². The van der Waals surface area contributed by atoms with Crippen LogP contribution in [0.1, 0.15) is 30.7 Å². The minimum Gasteiger partial charge on any atom is -0.361 e. The van der Waals surface area contributed by atoms with E-state index in [1.807, 2.05) is 13.0 Å². The average molecular weight is 342 g/mol. The topological polar surface area (TPSA) is 61.5 Å². The fourth-order valence-electron chi connectivity index (χ4n) is 3.64. The summed E-state index contributed by atoms with van der Waals surface area (Å²) in [4.78, 5) is 7.07.